The van der Waals surface area contributed by atoms with Crippen LogP contribution in [0.3, 0.4) is 0 Å². The summed E-state index contributed by atoms with van der Waals surface area (Å²) >= 11 is 0. The summed E-state index contributed by atoms with van der Waals surface area (Å²) in [4.78, 5) is 38.6. The van der Waals surface area contributed by atoms with Crippen LogP contribution in [0.5, 0.6) is 0 Å². The number of hydrogen-bond acceptors (Lipinski definition) is 3. The molecule has 1 aliphatic rings. The van der Waals surface area contributed by atoms with Gasteiger partial charge in [0, 0.05) is 38.8 Å². The summed E-state index contributed by atoms with van der Waals surface area (Å²) in [5.41, 5.74) is 1.68. The number of rotatable bonds is 4. The number of amides is 2. The number of carboxylic acids is 1. The van der Waals surface area contributed by atoms with E-state index >= 15 is 0 Å². The highest BCUT2D eigenvalue weighted by Crippen LogP contribution is 2.19. The van der Waals surface area contributed by atoms with Crippen LogP contribution in [0.15, 0.2) is 12.1 Å². The molecule has 0 spiro atoms. The van der Waals surface area contributed by atoms with E-state index in [2.05, 4.69) is 0 Å². The molecule has 7 heteroatoms. The summed E-state index contributed by atoms with van der Waals surface area (Å²) in [7, 11) is 1.87. The predicted molar refractivity (Wildman–Crippen MR) is 88.7 cm³/mol. The second-order valence-electron chi connectivity index (χ2n) is 6.34. The molecule has 1 atom stereocenters. The normalized spacial score (nSPS) is 18.1. The van der Waals surface area contributed by atoms with Gasteiger partial charge in [0.15, 0.2) is 0 Å². The van der Waals surface area contributed by atoms with Crippen molar-refractivity contribution >= 4 is 17.8 Å². The molecule has 132 valence electrons. The molecule has 0 radical (unpaired) electrons. The number of likely N-dealkylation sites (tertiary alicyclic amines) is 1. The Morgan fingerprint density at radius 3 is 2.50 bits per heavy atom. The molecular weight excluding hydrogens is 310 g/mol. The summed E-state index contributed by atoms with van der Waals surface area (Å²) in [6, 6.07) is 3.61. The van der Waals surface area contributed by atoms with Gasteiger partial charge >= 0.3 is 5.97 Å². The third kappa shape index (κ3) is 3.96. The van der Waals surface area contributed by atoms with Crippen LogP contribution in [-0.2, 0) is 16.6 Å². The fraction of sp³-hybridized carbons (Fsp3) is 0.588. The van der Waals surface area contributed by atoms with E-state index in [1.165, 1.54) is 11.8 Å². The molecule has 0 aromatic carbocycles. The molecule has 1 aliphatic heterocycles. The lowest BCUT2D eigenvalue weighted by Crippen LogP contribution is -2.43. The first-order chi connectivity index (χ1) is 11.3. The SMILES string of the molecule is CC(=O)N(CC(=O)O)C1CCCN(C(=O)c2ccc(C)n2C)CC1. The van der Waals surface area contributed by atoms with Crippen LogP contribution < -0.4 is 0 Å². The van der Waals surface area contributed by atoms with Crippen LogP contribution in [0.2, 0.25) is 0 Å². The summed E-state index contributed by atoms with van der Waals surface area (Å²) in [5, 5.41) is 8.99. The second-order valence-corrected chi connectivity index (χ2v) is 6.34. The van der Waals surface area contributed by atoms with E-state index in [9.17, 15) is 14.4 Å². The average molecular weight is 335 g/mol. The highest BCUT2D eigenvalue weighted by molar-refractivity contribution is 5.93. The van der Waals surface area contributed by atoms with E-state index < -0.39 is 5.97 Å². The van der Waals surface area contributed by atoms with Crippen molar-refractivity contribution in [3.8, 4) is 0 Å². The van der Waals surface area contributed by atoms with Gasteiger partial charge in [-0.3, -0.25) is 14.4 Å². The average Bonchev–Trinajstić information content (AvgIpc) is 2.74. The topological polar surface area (TPSA) is 82.8 Å². The lowest BCUT2D eigenvalue weighted by atomic mass is 10.1. The van der Waals surface area contributed by atoms with Crippen LogP contribution in [0.4, 0.5) is 0 Å². The van der Waals surface area contributed by atoms with Crippen molar-refractivity contribution in [2.75, 3.05) is 19.6 Å². The smallest absolute Gasteiger partial charge is 0.323 e. The largest absolute Gasteiger partial charge is 0.480 e. The molecule has 2 rings (SSSR count). The Hall–Kier alpha value is -2.31. The van der Waals surface area contributed by atoms with Crippen LogP contribution in [0.25, 0.3) is 0 Å². The van der Waals surface area contributed by atoms with E-state index in [-0.39, 0.29) is 24.4 Å². The van der Waals surface area contributed by atoms with Crippen molar-refractivity contribution in [1.29, 1.82) is 0 Å². The van der Waals surface area contributed by atoms with E-state index in [0.717, 1.165) is 12.1 Å². The van der Waals surface area contributed by atoms with Gasteiger partial charge in [0.05, 0.1) is 0 Å². The van der Waals surface area contributed by atoms with Crippen LogP contribution >= 0.6 is 0 Å². The summed E-state index contributed by atoms with van der Waals surface area (Å²) in [6.07, 6.45) is 2.06. The van der Waals surface area contributed by atoms with Crippen molar-refractivity contribution in [2.45, 2.75) is 39.2 Å². The number of aromatic nitrogens is 1. The lowest BCUT2D eigenvalue weighted by molar-refractivity contribution is -0.145. The zero-order chi connectivity index (χ0) is 17.9. The number of carbonyl (C=O) groups is 3. The molecule has 24 heavy (non-hydrogen) atoms. The molecule has 1 unspecified atom stereocenters. The Kier molecular flexibility index (Phi) is 5.64. The van der Waals surface area contributed by atoms with E-state index in [0.29, 0.717) is 31.6 Å². The number of hydrogen-bond donors (Lipinski definition) is 1. The number of nitrogens with zero attached hydrogens (tertiary/aromatic N) is 3. The molecule has 2 heterocycles. The minimum atomic E-state index is -1.01. The van der Waals surface area contributed by atoms with E-state index in [1.807, 2.05) is 30.7 Å². The number of aliphatic carboxylic acids is 1. The predicted octanol–water partition coefficient (Wildman–Crippen LogP) is 1.26. The van der Waals surface area contributed by atoms with Gasteiger partial charge in [0.2, 0.25) is 5.91 Å². The maximum absolute atomic E-state index is 12.7. The molecule has 1 N–H and O–H groups in total. The second kappa shape index (κ2) is 7.51. The number of carboxylic acid groups (broad SMARTS) is 1. The van der Waals surface area contributed by atoms with Crippen LogP contribution in [-0.4, -0.2) is 62.9 Å². The van der Waals surface area contributed by atoms with Gasteiger partial charge in [-0.05, 0) is 38.3 Å². The van der Waals surface area contributed by atoms with Gasteiger partial charge < -0.3 is 19.5 Å². The molecular formula is C17H25N3O4. The first kappa shape index (κ1) is 18.0. The molecule has 1 saturated heterocycles. The van der Waals surface area contributed by atoms with E-state index in [1.54, 1.807) is 4.90 Å². The van der Waals surface area contributed by atoms with Crippen molar-refractivity contribution in [3.63, 3.8) is 0 Å². The van der Waals surface area contributed by atoms with Gasteiger partial charge in [0.1, 0.15) is 12.2 Å². The Morgan fingerprint density at radius 1 is 1.25 bits per heavy atom. The fourth-order valence-corrected chi connectivity index (χ4v) is 3.23. The summed E-state index contributed by atoms with van der Waals surface area (Å²) < 4.78 is 1.87. The Balaban J connectivity index is 2.06. The molecule has 1 aromatic rings. The zero-order valence-corrected chi connectivity index (χ0v) is 14.5. The molecule has 1 fully saturated rings. The van der Waals surface area contributed by atoms with Crippen molar-refractivity contribution < 1.29 is 19.5 Å². The third-order valence-corrected chi connectivity index (χ3v) is 4.73. The summed E-state index contributed by atoms with van der Waals surface area (Å²) in [6.45, 7) is 4.20. The number of carbonyl (C=O) groups excluding carboxylic acids is 2. The fourth-order valence-electron chi connectivity index (χ4n) is 3.23. The van der Waals surface area contributed by atoms with Crippen molar-refractivity contribution in [2.24, 2.45) is 7.05 Å². The van der Waals surface area contributed by atoms with Gasteiger partial charge in [-0.1, -0.05) is 0 Å². The van der Waals surface area contributed by atoms with Gasteiger partial charge in [-0.15, -0.1) is 0 Å². The molecule has 7 nitrogen and oxygen atoms in total. The molecule has 1 aromatic heterocycles. The minimum absolute atomic E-state index is 0.0149. The maximum atomic E-state index is 12.7. The Bertz CT molecular complexity index is 638. The zero-order valence-electron chi connectivity index (χ0n) is 14.5. The van der Waals surface area contributed by atoms with Crippen molar-refractivity contribution in [3.05, 3.63) is 23.5 Å². The van der Waals surface area contributed by atoms with E-state index in [4.69, 9.17) is 5.11 Å². The van der Waals surface area contributed by atoms with Crippen LogP contribution in [0, 0.1) is 6.92 Å². The molecule has 0 bridgehead atoms. The highest BCUT2D eigenvalue weighted by Gasteiger charge is 2.28. The third-order valence-electron chi connectivity index (χ3n) is 4.73. The Morgan fingerprint density at radius 2 is 1.96 bits per heavy atom. The lowest BCUT2D eigenvalue weighted by Gasteiger charge is -2.28. The molecule has 2 amide bonds. The quantitative estimate of drug-likeness (QED) is 0.898. The van der Waals surface area contributed by atoms with Gasteiger partial charge in [0.25, 0.3) is 5.91 Å². The maximum Gasteiger partial charge on any atom is 0.323 e. The molecule has 0 aliphatic carbocycles. The van der Waals surface area contributed by atoms with Gasteiger partial charge in [-0.25, -0.2) is 0 Å². The summed E-state index contributed by atoms with van der Waals surface area (Å²) in [5.74, 6) is -1.26. The Labute approximate surface area is 141 Å². The van der Waals surface area contributed by atoms with Crippen molar-refractivity contribution in [1.82, 2.24) is 14.4 Å². The first-order valence-electron chi connectivity index (χ1n) is 8.22. The first-order valence-corrected chi connectivity index (χ1v) is 8.22. The monoisotopic (exact) mass is 335 g/mol. The molecule has 0 saturated carbocycles. The van der Waals surface area contributed by atoms with Gasteiger partial charge in [-0.2, -0.15) is 0 Å². The minimum Gasteiger partial charge on any atom is -0.480 e. The number of aryl methyl sites for hydroxylation is 1. The standard InChI is InChI=1S/C17H25N3O4/c1-12-6-7-15(18(12)3)17(24)19-9-4-5-14(8-10-19)20(13(2)21)11-16(22)23/h6-7,14H,4-5,8-11H2,1-3H3,(H,22,23). The highest BCUT2D eigenvalue weighted by atomic mass is 16.4. The van der Waals surface area contributed by atoms with Crippen LogP contribution in [0.1, 0.15) is 42.4 Å².